The third-order valence-electron chi connectivity index (χ3n) is 4.17. The summed E-state index contributed by atoms with van der Waals surface area (Å²) in [5.41, 5.74) is 3.02. The minimum atomic E-state index is 0.602. The van der Waals surface area contributed by atoms with Crippen molar-refractivity contribution in [1.29, 1.82) is 0 Å². The molecule has 0 atom stereocenters. The van der Waals surface area contributed by atoms with Gasteiger partial charge >= 0.3 is 0 Å². The Morgan fingerprint density at radius 1 is 1.14 bits per heavy atom. The first-order valence-electron chi connectivity index (χ1n) is 8.90. The molecule has 0 bridgehead atoms. The molecule has 0 fully saturated rings. The van der Waals surface area contributed by atoms with Crippen molar-refractivity contribution in [2.75, 3.05) is 25.5 Å². The summed E-state index contributed by atoms with van der Waals surface area (Å²) >= 11 is 7.98. The highest BCUT2D eigenvalue weighted by atomic mass is 35.5. The molecular formula is C18H19ClN8S. The molecule has 4 aromatic heterocycles. The summed E-state index contributed by atoms with van der Waals surface area (Å²) in [6.07, 6.45) is 5.82. The fourth-order valence-electron chi connectivity index (χ4n) is 2.81. The maximum Gasteiger partial charge on any atom is 0.196 e. The summed E-state index contributed by atoms with van der Waals surface area (Å²) < 4.78 is 0. The number of rotatable bonds is 7. The van der Waals surface area contributed by atoms with Gasteiger partial charge in [0.05, 0.1) is 10.4 Å². The van der Waals surface area contributed by atoms with Crippen LogP contribution in [-0.2, 0) is 6.42 Å². The normalized spacial score (nSPS) is 11.4. The van der Waals surface area contributed by atoms with Crippen LogP contribution in [0.1, 0.15) is 12.6 Å². The SMILES string of the molecule is CCc1[nH]c2nc(Sc3cnc4nccnc4c3)nc(NCCNC)c2c1Cl. The second kappa shape index (κ2) is 8.26. The second-order valence-corrected chi connectivity index (χ2v) is 7.47. The number of aromatic amines is 1. The van der Waals surface area contributed by atoms with E-state index in [1.165, 1.54) is 11.8 Å². The summed E-state index contributed by atoms with van der Waals surface area (Å²) in [4.78, 5) is 26.4. The van der Waals surface area contributed by atoms with Crippen LogP contribution in [0.3, 0.4) is 0 Å². The average Bonchev–Trinajstić information content (AvgIpc) is 3.04. The number of nitrogens with one attached hydrogen (secondary N) is 3. The highest BCUT2D eigenvalue weighted by molar-refractivity contribution is 7.99. The molecule has 0 saturated carbocycles. The minimum absolute atomic E-state index is 0.602. The fraction of sp³-hybridized carbons (Fsp3) is 0.278. The van der Waals surface area contributed by atoms with Crippen LogP contribution in [0.15, 0.2) is 34.7 Å². The van der Waals surface area contributed by atoms with Crippen LogP contribution in [0.5, 0.6) is 0 Å². The highest BCUT2D eigenvalue weighted by Crippen LogP contribution is 2.35. The molecule has 0 saturated heterocycles. The Balaban J connectivity index is 1.72. The second-order valence-electron chi connectivity index (χ2n) is 6.05. The van der Waals surface area contributed by atoms with E-state index in [1.807, 2.05) is 13.1 Å². The van der Waals surface area contributed by atoms with Crippen molar-refractivity contribution in [2.24, 2.45) is 0 Å². The van der Waals surface area contributed by atoms with E-state index in [0.717, 1.165) is 52.5 Å². The molecular weight excluding hydrogens is 396 g/mol. The number of aryl methyl sites for hydroxylation is 1. The van der Waals surface area contributed by atoms with Gasteiger partial charge in [0.1, 0.15) is 17.0 Å². The van der Waals surface area contributed by atoms with Crippen LogP contribution in [-0.4, -0.2) is 50.0 Å². The first-order chi connectivity index (χ1) is 13.7. The van der Waals surface area contributed by atoms with Gasteiger partial charge in [-0.3, -0.25) is 4.98 Å². The van der Waals surface area contributed by atoms with Crippen molar-refractivity contribution < 1.29 is 0 Å². The van der Waals surface area contributed by atoms with Gasteiger partial charge in [0, 0.05) is 42.3 Å². The number of pyridine rings is 1. The molecule has 4 heterocycles. The Labute approximate surface area is 171 Å². The third kappa shape index (κ3) is 3.73. The summed E-state index contributed by atoms with van der Waals surface area (Å²) in [6.45, 7) is 3.59. The molecule has 8 nitrogen and oxygen atoms in total. The van der Waals surface area contributed by atoms with E-state index >= 15 is 0 Å². The van der Waals surface area contributed by atoms with Gasteiger partial charge in [0.2, 0.25) is 0 Å². The average molecular weight is 415 g/mol. The van der Waals surface area contributed by atoms with Crippen LogP contribution in [0.2, 0.25) is 5.02 Å². The lowest BCUT2D eigenvalue weighted by molar-refractivity contribution is 0.819. The van der Waals surface area contributed by atoms with E-state index in [1.54, 1.807) is 18.6 Å². The fourth-order valence-corrected chi connectivity index (χ4v) is 3.93. The predicted octanol–water partition coefficient (Wildman–Crippen LogP) is 3.29. The number of H-pyrrole nitrogens is 1. The first kappa shape index (κ1) is 18.9. The molecule has 3 N–H and O–H groups in total. The smallest absolute Gasteiger partial charge is 0.196 e. The zero-order chi connectivity index (χ0) is 19.5. The Morgan fingerprint density at radius 2 is 2.00 bits per heavy atom. The van der Waals surface area contributed by atoms with E-state index in [0.29, 0.717) is 15.8 Å². The number of aromatic nitrogens is 6. The topological polar surface area (TPSA) is 104 Å². The van der Waals surface area contributed by atoms with Crippen molar-refractivity contribution in [2.45, 2.75) is 23.4 Å². The van der Waals surface area contributed by atoms with Crippen molar-refractivity contribution in [3.8, 4) is 0 Å². The molecule has 144 valence electrons. The van der Waals surface area contributed by atoms with Gasteiger partial charge in [0.15, 0.2) is 10.8 Å². The van der Waals surface area contributed by atoms with Crippen LogP contribution in [0.25, 0.3) is 22.2 Å². The number of nitrogens with zero attached hydrogens (tertiary/aromatic N) is 5. The number of likely N-dealkylation sites (N-methyl/N-ethyl adjacent to an activating group) is 1. The Morgan fingerprint density at radius 3 is 2.82 bits per heavy atom. The van der Waals surface area contributed by atoms with Gasteiger partial charge in [-0.25, -0.2) is 19.9 Å². The quantitative estimate of drug-likeness (QED) is 0.312. The van der Waals surface area contributed by atoms with Crippen LogP contribution in [0.4, 0.5) is 5.82 Å². The molecule has 0 spiro atoms. The van der Waals surface area contributed by atoms with Crippen molar-refractivity contribution in [1.82, 2.24) is 35.2 Å². The van der Waals surface area contributed by atoms with Gasteiger partial charge in [-0.1, -0.05) is 18.5 Å². The molecule has 28 heavy (non-hydrogen) atoms. The van der Waals surface area contributed by atoms with Crippen LogP contribution >= 0.6 is 23.4 Å². The van der Waals surface area contributed by atoms with Gasteiger partial charge in [-0.2, -0.15) is 0 Å². The lowest BCUT2D eigenvalue weighted by atomic mass is 10.3. The van der Waals surface area contributed by atoms with Crippen molar-refractivity contribution >= 4 is 51.4 Å². The third-order valence-corrected chi connectivity index (χ3v) is 5.41. The van der Waals surface area contributed by atoms with Gasteiger partial charge in [0.25, 0.3) is 0 Å². The van der Waals surface area contributed by atoms with Gasteiger partial charge < -0.3 is 15.6 Å². The monoisotopic (exact) mass is 414 g/mol. The molecule has 0 unspecified atom stereocenters. The number of halogens is 1. The van der Waals surface area contributed by atoms with E-state index in [4.69, 9.17) is 16.6 Å². The van der Waals surface area contributed by atoms with Gasteiger partial charge in [-0.15, -0.1) is 0 Å². The molecule has 10 heteroatoms. The first-order valence-corrected chi connectivity index (χ1v) is 10.1. The molecule has 0 aliphatic heterocycles. The largest absolute Gasteiger partial charge is 0.368 e. The number of hydrogen-bond acceptors (Lipinski definition) is 8. The summed E-state index contributed by atoms with van der Waals surface area (Å²) in [6, 6.07) is 1.93. The summed E-state index contributed by atoms with van der Waals surface area (Å²) in [5.74, 6) is 0.720. The predicted molar refractivity (Wildman–Crippen MR) is 112 cm³/mol. The molecule has 0 aliphatic rings. The van der Waals surface area contributed by atoms with E-state index in [2.05, 4.69) is 42.5 Å². The lowest BCUT2D eigenvalue weighted by Crippen LogP contribution is -2.18. The molecule has 4 rings (SSSR count). The zero-order valence-electron chi connectivity index (χ0n) is 15.5. The maximum absolute atomic E-state index is 6.55. The molecule has 4 aromatic rings. The Bertz CT molecular complexity index is 1130. The van der Waals surface area contributed by atoms with E-state index < -0.39 is 0 Å². The Hall–Kier alpha value is -2.49. The highest BCUT2D eigenvalue weighted by Gasteiger charge is 2.17. The molecule has 0 radical (unpaired) electrons. The standard InChI is InChI=1S/C18H19ClN8S/c1-3-11-14(19)13-16(23-5-4-20-2)26-18(27-17(13)25-11)28-10-8-12-15(24-9-10)22-7-6-21-12/h6-9,20H,3-5H2,1-2H3,(H2,23,25,26,27). The summed E-state index contributed by atoms with van der Waals surface area (Å²) in [5, 5.41) is 8.56. The molecule has 0 aliphatic carbocycles. The molecule has 0 aromatic carbocycles. The minimum Gasteiger partial charge on any atom is -0.368 e. The maximum atomic E-state index is 6.55. The lowest BCUT2D eigenvalue weighted by Gasteiger charge is -2.09. The zero-order valence-corrected chi connectivity index (χ0v) is 17.0. The van der Waals surface area contributed by atoms with E-state index in [9.17, 15) is 0 Å². The number of hydrogen-bond donors (Lipinski definition) is 3. The van der Waals surface area contributed by atoms with E-state index in [-0.39, 0.29) is 0 Å². The van der Waals surface area contributed by atoms with Gasteiger partial charge in [-0.05, 0) is 31.3 Å². The number of fused-ring (bicyclic) bond motifs is 2. The molecule has 0 amide bonds. The van der Waals surface area contributed by atoms with Crippen LogP contribution in [0, 0.1) is 0 Å². The van der Waals surface area contributed by atoms with Crippen molar-refractivity contribution in [3.05, 3.63) is 35.4 Å². The number of anilines is 1. The summed E-state index contributed by atoms with van der Waals surface area (Å²) in [7, 11) is 1.91. The van der Waals surface area contributed by atoms with Crippen molar-refractivity contribution in [3.63, 3.8) is 0 Å². The Kier molecular flexibility index (Phi) is 5.56. The van der Waals surface area contributed by atoms with Crippen LogP contribution < -0.4 is 10.6 Å².